The standard InChI is InChI=1S/C19H27N3O3/c1-25-16-4-2-3-15(11-16)13-22-14-19(12-18(22)24)6-9-21(10-7-19)17(23)5-8-20/h2-4,11H,5-10,12-14,20H2,1H3. The van der Waals surface area contributed by atoms with E-state index in [-0.39, 0.29) is 17.2 Å². The molecule has 0 aromatic heterocycles. The first kappa shape index (κ1) is 17.7. The Morgan fingerprint density at radius 2 is 2.08 bits per heavy atom. The molecular formula is C19H27N3O3. The van der Waals surface area contributed by atoms with Gasteiger partial charge in [-0.15, -0.1) is 0 Å². The number of carbonyl (C=O) groups is 2. The molecule has 0 bridgehead atoms. The normalized spacial score (nSPS) is 19.5. The van der Waals surface area contributed by atoms with E-state index in [1.54, 1.807) is 7.11 Å². The molecule has 2 N–H and O–H groups in total. The Bertz CT molecular complexity index is 639. The quantitative estimate of drug-likeness (QED) is 0.875. The summed E-state index contributed by atoms with van der Waals surface area (Å²) in [4.78, 5) is 28.4. The predicted molar refractivity (Wildman–Crippen MR) is 94.9 cm³/mol. The molecule has 2 fully saturated rings. The fourth-order valence-corrected chi connectivity index (χ4v) is 3.96. The van der Waals surface area contributed by atoms with E-state index >= 15 is 0 Å². The number of piperidine rings is 1. The Kier molecular flexibility index (Phi) is 5.27. The maximum Gasteiger partial charge on any atom is 0.223 e. The van der Waals surface area contributed by atoms with Gasteiger partial charge in [0.25, 0.3) is 0 Å². The predicted octanol–water partition coefficient (Wildman–Crippen LogP) is 1.39. The smallest absolute Gasteiger partial charge is 0.223 e. The first-order valence-electron chi connectivity index (χ1n) is 8.94. The van der Waals surface area contributed by atoms with Crippen LogP contribution in [0, 0.1) is 5.41 Å². The van der Waals surface area contributed by atoms with Crippen LogP contribution in [0.5, 0.6) is 5.75 Å². The molecule has 6 nitrogen and oxygen atoms in total. The van der Waals surface area contributed by atoms with Gasteiger partial charge in [-0.3, -0.25) is 9.59 Å². The van der Waals surface area contributed by atoms with E-state index in [0.29, 0.717) is 25.9 Å². The molecule has 0 unspecified atom stereocenters. The van der Waals surface area contributed by atoms with Gasteiger partial charge in [0.1, 0.15) is 5.75 Å². The van der Waals surface area contributed by atoms with Gasteiger partial charge in [0.2, 0.25) is 11.8 Å². The summed E-state index contributed by atoms with van der Waals surface area (Å²) in [5, 5.41) is 0. The number of ether oxygens (including phenoxy) is 1. The minimum atomic E-state index is 0.0233. The van der Waals surface area contributed by atoms with Crippen molar-refractivity contribution in [2.24, 2.45) is 11.1 Å². The summed E-state index contributed by atoms with van der Waals surface area (Å²) >= 11 is 0. The number of nitrogens with zero attached hydrogens (tertiary/aromatic N) is 2. The molecule has 2 heterocycles. The van der Waals surface area contributed by atoms with E-state index in [2.05, 4.69) is 0 Å². The summed E-state index contributed by atoms with van der Waals surface area (Å²) < 4.78 is 5.26. The highest BCUT2D eigenvalue weighted by Gasteiger charge is 2.45. The first-order chi connectivity index (χ1) is 12.0. The number of carbonyl (C=O) groups excluding carboxylic acids is 2. The van der Waals surface area contributed by atoms with Gasteiger partial charge in [0.15, 0.2) is 0 Å². The summed E-state index contributed by atoms with van der Waals surface area (Å²) in [6.45, 7) is 3.26. The molecule has 25 heavy (non-hydrogen) atoms. The summed E-state index contributed by atoms with van der Waals surface area (Å²) in [6, 6.07) is 7.86. The highest BCUT2D eigenvalue weighted by molar-refractivity contribution is 5.80. The SMILES string of the molecule is COc1cccc(CN2CC3(CCN(C(=O)CCN)CC3)CC2=O)c1. The molecule has 0 saturated carbocycles. The second-order valence-electron chi connectivity index (χ2n) is 7.20. The molecule has 6 heteroatoms. The zero-order valence-electron chi connectivity index (χ0n) is 14.9. The maximum absolute atomic E-state index is 12.5. The third-order valence-electron chi connectivity index (χ3n) is 5.45. The van der Waals surface area contributed by atoms with Crippen molar-refractivity contribution in [1.29, 1.82) is 0 Å². The van der Waals surface area contributed by atoms with Crippen molar-refractivity contribution >= 4 is 11.8 Å². The lowest BCUT2D eigenvalue weighted by Crippen LogP contribution is -2.44. The van der Waals surface area contributed by atoms with Crippen molar-refractivity contribution < 1.29 is 14.3 Å². The molecule has 1 aromatic carbocycles. The molecule has 0 radical (unpaired) electrons. The molecule has 0 aliphatic carbocycles. The number of benzene rings is 1. The maximum atomic E-state index is 12.5. The number of methoxy groups -OCH3 is 1. The molecule has 2 aliphatic rings. The lowest BCUT2D eigenvalue weighted by molar-refractivity contribution is -0.133. The zero-order chi connectivity index (χ0) is 17.9. The Morgan fingerprint density at radius 3 is 2.76 bits per heavy atom. The number of likely N-dealkylation sites (tertiary alicyclic amines) is 2. The van der Waals surface area contributed by atoms with Crippen molar-refractivity contribution in [3.63, 3.8) is 0 Å². The topological polar surface area (TPSA) is 75.9 Å². The number of amides is 2. The molecule has 1 aromatic rings. The fraction of sp³-hybridized carbons (Fsp3) is 0.579. The summed E-state index contributed by atoms with van der Waals surface area (Å²) in [6.07, 6.45) is 2.79. The van der Waals surface area contributed by atoms with Crippen LogP contribution in [0.25, 0.3) is 0 Å². The third-order valence-corrected chi connectivity index (χ3v) is 5.45. The molecule has 136 valence electrons. The van der Waals surface area contributed by atoms with E-state index in [1.165, 1.54) is 0 Å². The largest absolute Gasteiger partial charge is 0.497 e. The average molecular weight is 345 g/mol. The Morgan fingerprint density at radius 1 is 1.32 bits per heavy atom. The molecular weight excluding hydrogens is 318 g/mol. The van der Waals surface area contributed by atoms with Crippen LogP contribution in [0.15, 0.2) is 24.3 Å². The Labute approximate surface area is 148 Å². The van der Waals surface area contributed by atoms with Crippen LogP contribution in [-0.2, 0) is 16.1 Å². The van der Waals surface area contributed by atoms with Gasteiger partial charge in [-0.05, 0) is 30.5 Å². The van der Waals surface area contributed by atoms with Gasteiger partial charge in [-0.25, -0.2) is 0 Å². The number of hydrogen-bond donors (Lipinski definition) is 1. The van der Waals surface area contributed by atoms with Gasteiger partial charge in [0.05, 0.1) is 7.11 Å². The van der Waals surface area contributed by atoms with Gasteiger partial charge >= 0.3 is 0 Å². The van der Waals surface area contributed by atoms with Crippen LogP contribution in [0.2, 0.25) is 0 Å². The van der Waals surface area contributed by atoms with E-state index in [4.69, 9.17) is 10.5 Å². The van der Waals surface area contributed by atoms with E-state index in [0.717, 1.165) is 43.8 Å². The molecule has 3 rings (SSSR count). The average Bonchev–Trinajstić information content (AvgIpc) is 2.91. The van der Waals surface area contributed by atoms with Crippen molar-refractivity contribution in [2.75, 3.05) is 33.3 Å². The Balaban J connectivity index is 1.60. The van der Waals surface area contributed by atoms with Crippen molar-refractivity contribution in [3.05, 3.63) is 29.8 Å². The molecule has 1 spiro atoms. The van der Waals surface area contributed by atoms with E-state index < -0.39 is 0 Å². The summed E-state index contributed by atoms with van der Waals surface area (Å²) in [5.41, 5.74) is 6.58. The molecule has 2 aliphatic heterocycles. The van der Waals surface area contributed by atoms with Crippen LogP contribution in [0.3, 0.4) is 0 Å². The molecule has 0 atom stereocenters. The summed E-state index contributed by atoms with van der Waals surface area (Å²) in [5.74, 6) is 1.16. The molecule has 2 amide bonds. The van der Waals surface area contributed by atoms with E-state index in [9.17, 15) is 9.59 Å². The second kappa shape index (κ2) is 7.44. The van der Waals surface area contributed by atoms with Gasteiger partial charge in [0, 0.05) is 51.0 Å². The van der Waals surface area contributed by atoms with Crippen molar-refractivity contribution in [2.45, 2.75) is 32.2 Å². The first-order valence-corrected chi connectivity index (χ1v) is 8.94. The lowest BCUT2D eigenvalue weighted by Gasteiger charge is -2.38. The highest BCUT2D eigenvalue weighted by Crippen LogP contribution is 2.41. The second-order valence-corrected chi connectivity index (χ2v) is 7.20. The van der Waals surface area contributed by atoms with Crippen LogP contribution in [-0.4, -0.2) is 54.9 Å². The van der Waals surface area contributed by atoms with Crippen molar-refractivity contribution in [1.82, 2.24) is 9.80 Å². The van der Waals surface area contributed by atoms with Crippen LogP contribution in [0.4, 0.5) is 0 Å². The van der Waals surface area contributed by atoms with Gasteiger partial charge in [-0.2, -0.15) is 0 Å². The van der Waals surface area contributed by atoms with Crippen molar-refractivity contribution in [3.8, 4) is 5.75 Å². The minimum absolute atomic E-state index is 0.0233. The number of nitrogens with two attached hydrogens (primary N) is 1. The van der Waals surface area contributed by atoms with Crippen LogP contribution < -0.4 is 10.5 Å². The van der Waals surface area contributed by atoms with Gasteiger partial charge < -0.3 is 20.3 Å². The molecule has 2 saturated heterocycles. The highest BCUT2D eigenvalue weighted by atomic mass is 16.5. The van der Waals surface area contributed by atoms with E-state index in [1.807, 2.05) is 34.1 Å². The number of rotatable bonds is 5. The Hall–Kier alpha value is -2.08. The van der Waals surface area contributed by atoms with Gasteiger partial charge in [-0.1, -0.05) is 12.1 Å². The van der Waals surface area contributed by atoms with Crippen LogP contribution in [0.1, 0.15) is 31.2 Å². The third kappa shape index (κ3) is 3.95. The summed E-state index contributed by atoms with van der Waals surface area (Å²) in [7, 11) is 1.65. The lowest BCUT2D eigenvalue weighted by atomic mass is 9.77. The monoisotopic (exact) mass is 345 g/mol. The zero-order valence-corrected chi connectivity index (χ0v) is 14.9. The number of hydrogen-bond acceptors (Lipinski definition) is 4. The van der Waals surface area contributed by atoms with Crippen LogP contribution >= 0.6 is 0 Å². The fourth-order valence-electron chi connectivity index (χ4n) is 3.96. The minimum Gasteiger partial charge on any atom is -0.497 e.